The molecule has 3 nitrogen and oxygen atoms in total. The van der Waals surface area contributed by atoms with Gasteiger partial charge >= 0.3 is 0 Å². The van der Waals surface area contributed by atoms with Crippen molar-refractivity contribution in [1.82, 2.24) is 10.2 Å². The molecule has 1 fully saturated rings. The Balaban J connectivity index is 1.93. The van der Waals surface area contributed by atoms with Crippen LogP contribution < -0.4 is 5.32 Å². The van der Waals surface area contributed by atoms with Crippen molar-refractivity contribution in [3.05, 3.63) is 33.3 Å². The van der Waals surface area contributed by atoms with E-state index in [1.54, 1.807) is 0 Å². The van der Waals surface area contributed by atoms with Crippen molar-refractivity contribution in [3.63, 3.8) is 0 Å². The summed E-state index contributed by atoms with van der Waals surface area (Å²) in [4.78, 5) is 2.35. The van der Waals surface area contributed by atoms with Gasteiger partial charge in [-0.15, -0.1) is 0 Å². The van der Waals surface area contributed by atoms with E-state index in [-0.39, 0.29) is 12.1 Å². The topological polar surface area (TPSA) is 35.5 Å². The molecule has 0 bridgehead atoms. The Hall–Kier alpha value is -0.130. The SMILES string of the molecule is CNC(CCN1CCC(C)C(O)C1)c1ccc(Br)cc1Cl. The van der Waals surface area contributed by atoms with Gasteiger partial charge in [0.1, 0.15) is 0 Å². The molecule has 2 rings (SSSR count). The highest BCUT2D eigenvalue weighted by Crippen LogP contribution is 2.28. The number of rotatable bonds is 5. The van der Waals surface area contributed by atoms with Gasteiger partial charge in [-0.3, -0.25) is 0 Å². The molecule has 0 saturated carbocycles. The second kappa shape index (κ2) is 7.93. The Morgan fingerprint density at radius 1 is 1.52 bits per heavy atom. The predicted molar refractivity (Wildman–Crippen MR) is 91.8 cm³/mol. The number of piperidine rings is 1. The molecular formula is C16H24BrClN2O. The van der Waals surface area contributed by atoms with Crippen molar-refractivity contribution in [3.8, 4) is 0 Å². The molecule has 1 aliphatic heterocycles. The predicted octanol–water partition coefficient (Wildman–Crippen LogP) is 3.46. The Bertz CT molecular complexity index is 472. The number of aliphatic hydroxyl groups excluding tert-OH is 1. The van der Waals surface area contributed by atoms with Crippen LogP contribution in [0.2, 0.25) is 5.02 Å². The maximum atomic E-state index is 9.98. The van der Waals surface area contributed by atoms with E-state index in [1.165, 1.54) is 0 Å². The van der Waals surface area contributed by atoms with Crippen LogP contribution in [0.3, 0.4) is 0 Å². The van der Waals surface area contributed by atoms with E-state index in [2.05, 4.69) is 39.1 Å². The molecule has 118 valence electrons. The zero-order valence-corrected chi connectivity index (χ0v) is 15.0. The molecule has 0 amide bonds. The number of hydrogen-bond donors (Lipinski definition) is 2. The van der Waals surface area contributed by atoms with Crippen molar-refractivity contribution in [2.24, 2.45) is 5.92 Å². The van der Waals surface area contributed by atoms with Crippen LogP contribution in [0.5, 0.6) is 0 Å². The average molecular weight is 376 g/mol. The number of hydrogen-bond acceptors (Lipinski definition) is 3. The summed E-state index contributed by atoms with van der Waals surface area (Å²) in [5, 5.41) is 14.1. The molecule has 0 aliphatic carbocycles. The van der Waals surface area contributed by atoms with Crippen LogP contribution in [0.1, 0.15) is 31.4 Å². The first-order valence-electron chi connectivity index (χ1n) is 7.54. The lowest BCUT2D eigenvalue weighted by Crippen LogP contribution is -2.43. The number of nitrogens with one attached hydrogen (secondary N) is 1. The summed E-state index contributed by atoms with van der Waals surface area (Å²) in [5.74, 6) is 0.419. The van der Waals surface area contributed by atoms with Crippen LogP contribution >= 0.6 is 27.5 Å². The third kappa shape index (κ3) is 4.67. The molecule has 1 heterocycles. The highest BCUT2D eigenvalue weighted by atomic mass is 79.9. The zero-order valence-electron chi connectivity index (χ0n) is 12.6. The molecule has 3 unspecified atom stereocenters. The lowest BCUT2D eigenvalue weighted by atomic mass is 9.95. The standard InChI is InChI=1S/C16H24BrClN2O/c1-11-5-7-20(10-16(11)21)8-6-15(19-2)13-4-3-12(17)9-14(13)18/h3-4,9,11,15-16,19,21H,5-8,10H2,1-2H3. The van der Waals surface area contributed by atoms with Gasteiger partial charge in [-0.05, 0) is 50.0 Å². The van der Waals surface area contributed by atoms with E-state index in [0.29, 0.717) is 5.92 Å². The van der Waals surface area contributed by atoms with Gasteiger partial charge in [0, 0.05) is 28.6 Å². The fourth-order valence-corrected chi connectivity index (χ4v) is 3.67. The monoisotopic (exact) mass is 374 g/mol. The summed E-state index contributed by atoms with van der Waals surface area (Å²) in [6.45, 7) is 4.95. The number of β-amino-alcohol motifs (C(OH)–C–C–N with tert-alkyl or cyclic N) is 1. The zero-order chi connectivity index (χ0) is 15.4. The number of nitrogens with zero attached hydrogens (tertiary/aromatic N) is 1. The molecule has 1 aromatic carbocycles. The Morgan fingerprint density at radius 2 is 2.29 bits per heavy atom. The minimum atomic E-state index is -0.192. The Morgan fingerprint density at radius 3 is 2.90 bits per heavy atom. The molecule has 5 heteroatoms. The quantitative estimate of drug-likeness (QED) is 0.827. The van der Waals surface area contributed by atoms with Crippen LogP contribution in [-0.4, -0.2) is 42.8 Å². The number of likely N-dealkylation sites (tertiary alicyclic amines) is 1. The highest BCUT2D eigenvalue weighted by molar-refractivity contribution is 9.10. The summed E-state index contributed by atoms with van der Waals surface area (Å²) < 4.78 is 0.999. The summed E-state index contributed by atoms with van der Waals surface area (Å²) >= 11 is 9.78. The third-order valence-corrected chi connectivity index (χ3v) is 5.24. The first kappa shape index (κ1) is 17.2. The minimum absolute atomic E-state index is 0.192. The number of aliphatic hydroxyl groups is 1. The van der Waals surface area contributed by atoms with Crippen LogP contribution in [-0.2, 0) is 0 Å². The lowest BCUT2D eigenvalue weighted by Gasteiger charge is -2.35. The summed E-state index contributed by atoms with van der Waals surface area (Å²) in [5.41, 5.74) is 1.13. The molecule has 1 aliphatic rings. The maximum absolute atomic E-state index is 9.98. The first-order valence-corrected chi connectivity index (χ1v) is 8.71. The average Bonchev–Trinajstić information content (AvgIpc) is 2.45. The van der Waals surface area contributed by atoms with Gasteiger partial charge in [-0.25, -0.2) is 0 Å². The van der Waals surface area contributed by atoms with E-state index >= 15 is 0 Å². The minimum Gasteiger partial charge on any atom is -0.392 e. The molecular weight excluding hydrogens is 352 g/mol. The highest BCUT2D eigenvalue weighted by Gasteiger charge is 2.24. The van der Waals surface area contributed by atoms with Gasteiger partial charge in [-0.1, -0.05) is 40.5 Å². The summed E-state index contributed by atoms with van der Waals surface area (Å²) in [7, 11) is 1.97. The van der Waals surface area contributed by atoms with E-state index in [9.17, 15) is 5.11 Å². The Kier molecular flexibility index (Phi) is 6.51. The smallest absolute Gasteiger partial charge is 0.0693 e. The van der Waals surface area contributed by atoms with Gasteiger partial charge in [0.15, 0.2) is 0 Å². The van der Waals surface area contributed by atoms with Crippen LogP contribution in [0.15, 0.2) is 22.7 Å². The van der Waals surface area contributed by atoms with Crippen LogP contribution in [0.4, 0.5) is 0 Å². The van der Waals surface area contributed by atoms with Crippen molar-refractivity contribution in [1.29, 1.82) is 0 Å². The van der Waals surface area contributed by atoms with Gasteiger partial charge in [0.2, 0.25) is 0 Å². The molecule has 0 radical (unpaired) electrons. The van der Waals surface area contributed by atoms with Crippen molar-refractivity contribution in [2.75, 3.05) is 26.7 Å². The van der Waals surface area contributed by atoms with E-state index in [4.69, 9.17) is 11.6 Å². The maximum Gasteiger partial charge on any atom is 0.0693 e. The molecule has 1 aromatic rings. The van der Waals surface area contributed by atoms with E-state index in [1.807, 2.05) is 19.2 Å². The van der Waals surface area contributed by atoms with Gasteiger partial charge in [0.05, 0.1) is 6.10 Å². The summed E-state index contributed by atoms with van der Waals surface area (Å²) in [6, 6.07) is 6.27. The fourth-order valence-electron chi connectivity index (χ4n) is 2.87. The first-order chi connectivity index (χ1) is 10.0. The molecule has 1 saturated heterocycles. The molecule has 0 aromatic heterocycles. The number of benzene rings is 1. The fraction of sp³-hybridized carbons (Fsp3) is 0.625. The van der Waals surface area contributed by atoms with Crippen LogP contribution in [0.25, 0.3) is 0 Å². The largest absolute Gasteiger partial charge is 0.392 e. The summed E-state index contributed by atoms with van der Waals surface area (Å²) in [6.07, 6.45) is 1.87. The van der Waals surface area contributed by atoms with Gasteiger partial charge in [0.25, 0.3) is 0 Å². The van der Waals surface area contributed by atoms with Crippen molar-refractivity contribution in [2.45, 2.75) is 31.9 Å². The third-order valence-electron chi connectivity index (χ3n) is 4.42. The molecule has 0 spiro atoms. The second-order valence-electron chi connectivity index (χ2n) is 5.93. The van der Waals surface area contributed by atoms with Gasteiger partial charge in [-0.2, -0.15) is 0 Å². The van der Waals surface area contributed by atoms with E-state index < -0.39 is 0 Å². The normalized spacial score (nSPS) is 25.0. The van der Waals surface area contributed by atoms with Crippen molar-refractivity contribution >= 4 is 27.5 Å². The molecule has 2 N–H and O–H groups in total. The Labute approximate surface area is 140 Å². The molecule has 21 heavy (non-hydrogen) atoms. The molecule has 3 atom stereocenters. The van der Waals surface area contributed by atoms with E-state index in [0.717, 1.165) is 47.5 Å². The lowest BCUT2D eigenvalue weighted by molar-refractivity contribution is 0.0278. The van der Waals surface area contributed by atoms with Crippen molar-refractivity contribution < 1.29 is 5.11 Å². The number of halogens is 2. The van der Waals surface area contributed by atoms with Gasteiger partial charge < -0.3 is 15.3 Å². The van der Waals surface area contributed by atoms with Crippen LogP contribution in [0, 0.1) is 5.92 Å². The second-order valence-corrected chi connectivity index (χ2v) is 7.25.